The number of hydrogen-bond acceptors (Lipinski definition) is 3. The van der Waals surface area contributed by atoms with E-state index in [0.717, 1.165) is 16.7 Å². The molecule has 0 saturated carbocycles. The van der Waals surface area contributed by atoms with Gasteiger partial charge >= 0.3 is 0 Å². The van der Waals surface area contributed by atoms with Crippen molar-refractivity contribution in [1.82, 2.24) is 10.2 Å². The number of carbonyl (C=O) groups is 1. The van der Waals surface area contributed by atoms with Crippen LogP contribution in [0.4, 0.5) is 0 Å². The Labute approximate surface area is 190 Å². The van der Waals surface area contributed by atoms with Gasteiger partial charge in [-0.3, -0.25) is 10.1 Å². The first-order valence-corrected chi connectivity index (χ1v) is 11.4. The lowest BCUT2D eigenvalue weighted by atomic mass is 9.84. The van der Waals surface area contributed by atoms with Crippen molar-refractivity contribution < 1.29 is 9.90 Å². The summed E-state index contributed by atoms with van der Waals surface area (Å²) in [6.45, 7) is 4.75. The molecule has 1 amide bonds. The Hall–Kier alpha value is -2.95. The van der Waals surface area contributed by atoms with Crippen LogP contribution >= 0.6 is 0 Å². The predicted octanol–water partition coefficient (Wildman–Crippen LogP) is 4.36. The molecule has 0 bridgehead atoms. The smallest absolute Gasteiger partial charge is 0.244 e. The lowest BCUT2D eigenvalue weighted by Crippen LogP contribution is -2.46. The number of amides is 1. The number of carbonyl (C=O) groups excluding carboxylic acids is 1. The van der Waals surface area contributed by atoms with E-state index in [1.165, 1.54) is 0 Å². The molecule has 4 rings (SSSR count). The minimum atomic E-state index is -0.841. The van der Waals surface area contributed by atoms with Crippen LogP contribution in [0.1, 0.15) is 36.5 Å². The molecule has 1 heterocycles. The summed E-state index contributed by atoms with van der Waals surface area (Å²) in [5.74, 6) is 0.00254. The van der Waals surface area contributed by atoms with Crippen LogP contribution in [0.25, 0.3) is 0 Å². The summed E-state index contributed by atoms with van der Waals surface area (Å²) in [5.41, 5.74) is 3.28. The molecule has 4 nitrogen and oxygen atoms in total. The SMILES string of the molecule is CC(C)C1N[C@@H]([C@H](O)C(Cc2ccccc2)c2ccccc2)C(=O)N1Cc1ccccc1. The van der Waals surface area contributed by atoms with E-state index in [9.17, 15) is 9.90 Å². The van der Waals surface area contributed by atoms with Crippen LogP contribution in [0.2, 0.25) is 0 Å². The third-order valence-electron chi connectivity index (χ3n) is 6.34. The van der Waals surface area contributed by atoms with E-state index in [1.54, 1.807) is 0 Å². The Morgan fingerprint density at radius 1 is 0.844 bits per heavy atom. The van der Waals surface area contributed by atoms with Crippen molar-refractivity contribution in [2.75, 3.05) is 0 Å². The first-order valence-electron chi connectivity index (χ1n) is 11.4. The van der Waals surface area contributed by atoms with Gasteiger partial charge in [0.15, 0.2) is 0 Å². The van der Waals surface area contributed by atoms with Gasteiger partial charge in [0.05, 0.1) is 12.3 Å². The number of hydrogen-bond donors (Lipinski definition) is 2. The minimum Gasteiger partial charge on any atom is -0.390 e. The van der Waals surface area contributed by atoms with Crippen LogP contribution < -0.4 is 5.32 Å². The van der Waals surface area contributed by atoms with Gasteiger partial charge in [0.2, 0.25) is 5.91 Å². The molecule has 1 aliphatic rings. The molecular weight excluding hydrogens is 396 g/mol. The number of aliphatic hydroxyl groups is 1. The maximum Gasteiger partial charge on any atom is 0.244 e. The van der Waals surface area contributed by atoms with E-state index >= 15 is 0 Å². The quantitative estimate of drug-likeness (QED) is 0.561. The van der Waals surface area contributed by atoms with Crippen molar-refractivity contribution >= 4 is 5.91 Å². The molecule has 166 valence electrons. The largest absolute Gasteiger partial charge is 0.390 e. The highest BCUT2D eigenvalue weighted by molar-refractivity contribution is 5.85. The van der Waals surface area contributed by atoms with Crippen molar-refractivity contribution in [1.29, 1.82) is 0 Å². The zero-order chi connectivity index (χ0) is 22.5. The van der Waals surface area contributed by atoms with Gasteiger partial charge in [-0.15, -0.1) is 0 Å². The predicted molar refractivity (Wildman–Crippen MR) is 128 cm³/mol. The fraction of sp³-hybridized carbons (Fsp3) is 0.321. The third-order valence-corrected chi connectivity index (χ3v) is 6.34. The molecule has 0 aliphatic carbocycles. The van der Waals surface area contributed by atoms with Crippen molar-refractivity contribution in [2.45, 2.75) is 51.0 Å². The zero-order valence-electron chi connectivity index (χ0n) is 18.8. The maximum absolute atomic E-state index is 13.6. The zero-order valence-corrected chi connectivity index (χ0v) is 18.8. The molecule has 1 fully saturated rings. The summed E-state index contributed by atoms with van der Waals surface area (Å²) in [7, 11) is 0. The van der Waals surface area contributed by atoms with Gasteiger partial charge in [0.1, 0.15) is 6.04 Å². The molecule has 0 spiro atoms. The highest BCUT2D eigenvalue weighted by Crippen LogP contribution is 2.31. The first kappa shape index (κ1) is 22.3. The Balaban J connectivity index is 1.61. The van der Waals surface area contributed by atoms with Crippen molar-refractivity contribution in [3.8, 4) is 0 Å². The van der Waals surface area contributed by atoms with Crippen molar-refractivity contribution in [2.24, 2.45) is 5.92 Å². The molecule has 1 aliphatic heterocycles. The highest BCUT2D eigenvalue weighted by Gasteiger charge is 2.45. The van der Waals surface area contributed by atoms with Gasteiger partial charge in [0.25, 0.3) is 0 Å². The fourth-order valence-electron chi connectivity index (χ4n) is 4.65. The average molecular weight is 429 g/mol. The van der Waals surface area contributed by atoms with Crippen molar-refractivity contribution in [3.05, 3.63) is 108 Å². The summed E-state index contributed by atoms with van der Waals surface area (Å²) in [4.78, 5) is 15.4. The fourth-order valence-corrected chi connectivity index (χ4v) is 4.65. The molecule has 4 heteroatoms. The van der Waals surface area contributed by atoms with Crippen molar-refractivity contribution in [3.63, 3.8) is 0 Å². The molecule has 2 unspecified atom stereocenters. The van der Waals surface area contributed by atoms with Gasteiger partial charge in [-0.1, -0.05) is 105 Å². The Morgan fingerprint density at radius 3 is 1.94 bits per heavy atom. The molecule has 3 aromatic carbocycles. The average Bonchev–Trinajstić information content (AvgIpc) is 3.15. The summed E-state index contributed by atoms with van der Waals surface area (Å²) in [6.07, 6.45) is -0.287. The molecule has 1 saturated heterocycles. The van der Waals surface area contributed by atoms with Crippen LogP contribution in [0.5, 0.6) is 0 Å². The maximum atomic E-state index is 13.6. The van der Waals surface area contributed by atoms with Gasteiger partial charge < -0.3 is 10.0 Å². The minimum absolute atomic E-state index is 0.0333. The van der Waals surface area contributed by atoms with E-state index in [1.807, 2.05) is 83.8 Å². The van der Waals surface area contributed by atoms with E-state index in [-0.39, 0.29) is 23.9 Å². The number of nitrogens with one attached hydrogen (secondary N) is 1. The number of rotatable bonds is 8. The van der Waals surface area contributed by atoms with E-state index in [0.29, 0.717) is 13.0 Å². The van der Waals surface area contributed by atoms with Crippen LogP contribution in [0.3, 0.4) is 0 Å². The third kappa shape index (κ3) is 4.93. The normalized spacial score (nSPS) is 20.5. The van der Waals surface area contributed by atoms with Crippen LogP contribution in [0.15, 0.2) is 91.0 Å². The summed E-state index contributed by atoms with van der Waals surface area (Å²) >= 11 is 0. The Morgan fingerprint density at radius 2 is 1.38 bits per heavy atom. The number of aliphatic hydroxyl groups excluding tert-OH is 1. The molecule has 0 radical (unpaired) electrons. The van der Waals surface area contributed by atoms with Crippen LogP contribution in [-0.2, 0) is 17.8 Å². The molecule has 3 aromatic rings. The highest BCUT2D eigenvalue weighted by atomic mass is 16.3. The van der Waals surface area contributed by atoms with Crippen LogP contribution in [0, 0.1) is 5.92 Å². The van der Waals surface area contributed by atoms with Gasteiger partial charge in [-0.2, -0.15) is 0 Å². The molecule has 2 N–H and O–H groups in total. The molecular formula is C28H32N2O2. The standard InChI is InChI=1S/C28H32N2O2/c1-20(2)27-29-25(28(32)30(27)19-22-14-8-4-9-15-22)26(31)24(23-16-10-5-11-17-23)18-21-12-6-3-7-13-21/h3-17,20,24-27,29,31H,18-19H2,1-2H3/t24?,25-,26+,27?/m0/s1. The summed E-state index contributed by atoms with van der Waals surface area (Å²) in [5, 5.41) is 15.0. The first-order chi connectivity index (χ1) is 15.5. The van der Waals surface area contributed by atoms with E-state index in [2.05, 4.69) is 31.3 Å². The van der Waals surface area contributed by atoms with Gasteiger partial charge in [-0.05, 0) is 29.0 Å². The summed E-state index contributed by atoms with van der Waals surface area (Å²) in [6, 6.07) is 29.6. The number of benzene rings is 3. The van der Waals surface area contributed by atoms with Gasteiger partial charge in [0, 0.05) is 12.5 Å². The number of nitrogens with zero attached hydrogens (tertiary/aromatic N) is 1. The second-order valence-corrected chi connectivity index (χ2v) is 8.98. The Kier molecular flexibility index (Phi) is 7.03. The van der Waals surface area contributed by atoms with E-state index < -0.39 is 12.1 Å². The topological polar surface area (TPSA) is 52.6 Å². The molecule has 32 heavy (non-hydrogen) atoms. The second-order valence-electron chi connectivity index (χ2n) is 8.98. The monoisotopic (exact) mass is 428 g/mol. The van der Waals surface area contributed by atoms with Crippen LogP contribution in [-0.4, -0.2) is 34.2 Å². The Bertz CT molecular complexity index is 992. The van der Waals surface area contributed by atoms with E-state index in [4.69, 9.17) is 0 Å². The second kappa shape index (κ2) is 10.1. The molecule has 4 atom stereocenters. The summed E-state index contributed by atoms with van der Waals surface area (Å²) < 4.78 is 0. The van der Waals surface area contributed by atoms with Gasteiger partial charge in [-0.25, -0.2) is 0 Å². The lowest BCUT2D eigenvalue weighted by Gasteiger charge is -2.27. The molecule has 0 aromatic heterocycles. The lowest BCUT2D eigenvalue weighted by molar-refractivity contribution is -0.133.